The van der Waals surface area contributed by atoms with Crippen LogP contribution in [0.1, 0.15) is 13.8 Å². The number of benzene rings is 1. The molecule has 0 amide bonds. The average Bonchev–Trinajstić information content (AvgIpc) is 2.28. The smallest absolute Gasteiger partial charge is 0.240 e. The summed E-state index contributed by atoms with van der Waals surface area (Å²) in [7, 11) is -2.01. The minimum atomic E-state index is -3.56. The molecule has 0 radical (unpaired) electrons. The van der Waals surface area contributed by atoms with Crippen LogP contribution in [-0.2, 0) is 14.8 Å². The number of nitrogen functional groups attached to an aromatic ring is 1. The van der Waals surface area contributed by atoms with Crippen molar-refractivity contribution in [3.63, 3.8) is 0 Å². The van der Waals surface area contributed by atoms with Gasteiger partial charge in [-0.1, -0.05) is 19.9 Å². The maximum Gasteiger partial charge on any atom is 0.240 e. The summed E-state index contributed by atoms with van der Waals surface area (Å²) in [6, 6.07) is 5.95. The standard InChI is InChI=1S/C12H20N2O3S/c1-9(2)12(8-17-3)14-18(15,16)11-6-4-5-10(13)7-11/h4-7,9,12,14H,8,13H2,1-3H3. The molecular weight excluding hydrogens is 252 g/mol. The Labute approximate surface area is 108 Å². The summed E-state index contributed by atoms with van der Waals surface area (Å²) >= 11 is 0. The Morgan fingerprint density at radius 3 is 2.56 bits per heavy atom. The number of sulfonamides is 1. The number of ether oxygens (including phenoxy) is 1. The van der Waals surface area contributed by atoms with Crippen LogP contribution in [0.4, 0.5) is 5.69 Å². The van der Waals surface area contributed by atoms with E-state index >= 15 is 0 Å². The van der Waals surface area contributed by atoms with E-state index in [1.54, 1.807) is 19.2 Å². The molecule has 0 aromatic heterocycles. The third-order valence-corrected chi connectivity index (χ3v) is 4.11. The molecule has 5 nitrogen and oxygen atoms in total. The van der Waals surface area contributed by atoms with Crippen molar-refractivity contribution in [2.75, 3.05) is 19.5 Å². The molecule has 3 N–H and O–H groups in total. The van der Waals surface area contributed by atoms with Gasteiger partial charge in [-0.15, -0.1) is 0 Å². The van der Waals surface area contributed by atoms with Crippen molar-refractivity contribution in [1.82, 2.24) is 4.72 Å². The van der Waals surface area contributed by atoms with Gasteiger partial charge in [-0.3, -0.25) is 0 Å². The van der Waals surface area contributed by atoms with E-state index < -0.39 is 10.0 Å². The van der Waals surface area contributed by atoms with Gasteiger partial charge >= 0.3 is 0 Å². The van der Waals surface area contributed by atoms with Gasteiger partial charge in [0, 0.05) is 18.8 Å². The van der Waals surface area contributed by atoms with Crippen molar-refractivity contribution >= 4 is 15.7 Å². The molecule has 6 heteroatoms. The first-order valence-electron chi connectivity index (χ1n) is 5.73. The van der Waals surface area contributed by atoms with Crippen LogP contribution in [0.15, 0.2) is 29.2 Å². The Hall–Kier alpha value is -1.11. The molecule has 102 valence electrons. The second-order valence-electron chi connectivity index (χ2n) is 4.50. The zero-order chi connectivity index (χ0) is 13.8. The summed E-state index contributed by atoms with van der Waals surface area (Å²) in [5, 5.41) is 0. The van der Waals surface area contributed by atoms with Gasteiger partial charge in [0.2, 0.25) is 10.0 Å². The highest BCUT2D eigenvalue weighted by molar-refractivity contribution is 7.89. The highest BCUT2D eigenvalue weighted by Crippen LogP contribution is 2.14. The monoisotopic (exact) mass is 272 g/mol. The Morgan fingerprint density at radius 1 is 1.39 bits per heavy atom. The van der Waals surface area contributed by atoms with Crippen LogP contribution in [0.25, 0.3) is 0 Å². The summed E-state index contributed by atoms with van der Waals surface area (Å²) in [4.78, 5) is 0.171. The third kappa shape index (κ3) is 3.97. The van der Waals surface area contributed by atoms with E-state index in [4.69, 9.17) is 10.5 Å². The first-order valence-corrected chi connectivity index (χ1v) is 7.22. The van der Waals surface area contributed by atoms with Gasteiger partial charge in [0.15, 0.2) is 0 Å². The fraction of sp³-hybridized carbons (Fsp3) is 0.500. The Bertz CT molecular complexity index is 486. The van der Waals surface area contributed by atoms with Crippen molar-refractivity contribution < 1.29 is 13.2 Å². The van der Waals surface area contributed by atoms with Gasteiger partial charge in [-0.2, -0.15) is 0 Å². The highest BCUT2D eigenvalue weighted by atomic mass is 32.2. The van der Waals surface area contributed by atoms with Crippen LogP contribution in [0.5, 0.6) is 0 Å². The summed E-state index contributed by atoms with van der Waals surface area (Å²) in [6.07, 6.45) is 0. The molecular formula is C12H20N2O3S. The van der Waals surface area contributed by atoms with Gasteiger partial charge < -0.3 is 10.5 Å². The predicted octanol–water partition coefficient (Wildman–Crippen LogP) is 1.22. The lowest BCUT2D eigenvalue weighted by Gasteiger charge is -2.21. The van der Waals surface area contributed by atoms with E-state index in [1.807, 2.05) is 13.8 Å². The fourth-order valence-electron chi connectivity index (χ4n) is 1.49. The zero-order valence-electron chi connectivity index (χ0n) is 10.9. The molecule has 1 unspecified atom stereocenters. The molecule has 1 atom stereocenters. The average molecular weight is 272 g/mol. The van der Waals surface area contributed by atoms with Crippen LogP contribution >= 0.6 is 0 Å². The SMILES string of the molecule is COCC(NS(=O)(=O)c1cccc(N)c1)C(C)C. The number of anilines is 1. The number of nitrogens with two attached hydrogens (primary N) is 1. The molecule has 0 spiro atoms. The van der Waals surface area contributed by atoms with Crippen molar-refractivity contribution in [1.29, 1.82) is 0 Å². The normalized spacial score (nSPS) is 13.8. The number of hydrogen-bond acceptors (Lipinski definition) is 4. The van der Waals surface area contributed by atoms with Gasteiger partial charge in [-0.25, -0.2) is 13.1 Å². The van der Waals surface area contributed by atoms with Crippen LogP contribution in [0, 0.1) is 5.92 Å². The summed E-state index contributed by atoms with van der Waals surface area (Å²) in [5.41, 5.74) is 6.01. The summed E-state index contributed by atoms with van der Waals surface area (Å²) < 4.78 is 32.0. The van der Waals surface area contributed by atoms with Crippen LogP contribution in [0.2, 0.25) is 0 Å². The number of nitrogens with one attached hydrogen (secondary N) is 1. The van der Waals surface area contributed by atoms with Crippen molar-refractivity contribution in [3.8, 4) is 0 Å². The van der Waals surface area contributed by atoms with E-state index in [0.29, 0.717) is 12.3 Å². The molecule has 0 aliphatic heterocycles. The van der Waals surface area contributed by atoms with Crippen molar-refractivity contribution in [2.24, 2.45) is 5.92 Å². The second-order valence-corrected chi connectivity index (χ2v) is 6.21. The highest BCUT2D eigenvalue weighted by Gasteiger charge is 2.22. The van der Waals surface area contributed by atoms with Crippen molar-refractivity contribution in [3.05, 3.63) is 24.3 Å². The molecule has 1 aromatic rings. The zero-order valence-corrected chi connectivity index (χ0v) is 11.7. The first-order chi connectivity index (χ1) is 8.36. The molecule has 1 aromatic carbocycles. The third-order valence-electron chi connectivity index (χ3n) is 2.63. The molecule has 0 saturated heterocycles. The number of rotatable bonds is 6. The quantitative estimate of drug-likeness (QED) is 0.763. The summed E-state index contributed by atoms with van der Waals surface area (Å²) in [5.74, 6) is 0.140. The Kier molecular flexibility index (Phi) is 5.13. The van der Waals surface area contributed by atoms with Gasteiger partial charge in [0.1, 0.15) is 0 Å². The lowest BCUT2D eigenvalue weighted by Crippen LogP contribution is -2.41. The van der Waals surface area contributed by atoms with E-state index in [1.165, 1.54) is 12.1 Å². The molecule has 0 aliphatic rings. The lowest BCUT2D eigenvalue weighted by atomic mass is 10.1. The van der Waals surface area contributed by atoms with E-state index in [2.05, 4.69) is 4.72 Å². The summed E-state index contributed by atoms with van der Waals surface area (Å²) in [6.45, 7) is 4.20. The molecule has 18 heavy (non-hydrogen) atoms. The number of methoxy groups -OCH3 is 1. The Balaban J connectivity index is 2.93. The van der Waals surface area contributed by atoms with E-state index in [0.717, 1.165) is 0 Å². The maximum absolute atomic E-state index is 12.2. The molecule has 1 rings (SSSR count). The fourth-order valence-corrected chi connectivity index (χ4v) is 2.91. The number of hydrogen-bond donors (Lipinski definition) is 2. The Morgan fingerprint density at radius 2 is 2.06 bits per heavy atom. The van der Waals surface area contributed by atoms with Gasteiger partial charge in [0.05, 0.1) is 11.5 Å². The van der Waals surface area contributed by atoms with E-state index in [-0.39, 0.29) is 16.9 Å². The van der Waals surface area contributed by atoms with E-state index in [9.17, 15) is 8.42 Å². The molecule has 0 aliphatic carbocycles. The molecule has 0 bridgehead atoms. The largest absolute Gasteiger partial charge is 0.399 e. The van der Waals surface area contributed by atoms with Crippen LogP contribution in [-0.4, -0.2) is 28.2 Å². The lowest BCUT2D eigenvalue weighted by molar-refractivity contribution is 0.157. The van der Waals surface area contributed by atoms with Crippen LogP contribution < -0.4 is 10.5 Å². The first kappa shape index (κ1) is 14.9. The van der Waals surface area contributed by atoms with Crippen molar-refractivity contribution in [2.45, 2.75) is 24.8 Å². The maximum atomic E-state index is 12.2. The van der Waals surface area contributed by atoms with Crippen LogP contribution in [0.3, 0.4) is 0 Å². The molecule has 0 heterocycles. The molecule has 0 fully saturated rings. The topological polar surface area (TPSA) is 81.4 Å². The minimum absolute atomic E-state index is 0.140. The van der Waals surface area contributed by atoms with Gasteiger partial charge in [-0.05, 0) is 24.1 Å². The second kappa shape index (κ2) is 6.17. The minimum Gasteiger partial charge on any atom is -0.399 e. The predicted molar refractivity (Wildman–Crippen MR) is 71.7 cm³/mol. The molecule has 0 saturated carbocycles. The van der Waals surface area contributed by atoms with Gasteiger partial charge in [0.25, 0.3) is 0 Å².